The van der Waals surface area contributed by atoms with Crippen LogP contribution >= 0.6 is 0 Å². The van der Waals surface area contributed by atoms with Crippen molar-refractivity contribution in [3.63, 3.8) is 0 Å². The van der Waals surface area contributed by atoms with Crippen LogP contribution in [0.25, 0.3) is 0 Å². The number of rotatable bonds is 7. The fraction of sp³-hybridized carbons (Fsp3) is 0.393. The van der Waals surface area contributed by atoms with E-state index < -0.39 is 0 Å². The first kappa shape index (κ1) is 23.1. The highest BCUT2D eigenvalue weighted by Gasteiger charge is 2.39. The second-order valence-corrected chi connectivity index (χ2v) is 9.77. The topological polar surface area (TPSA) is 84.7 Å². The number of aryl methyl sites for hydroxylation is 1. The van der Waals surface area contributed by atoms with E-state index in [1.165, 1.54) is 17.4 Å². The summed E-state index contributed by atoms with van der Waals surface area (Å²) >= 11 is 0. The van der Waals surface area contributed by atoms with Gasteiger partial charge in [-0.05, 0) is 68.9 Å². The van der Waals surface area contributed by atoms with E-state index in [1.807, 2.05) is 30.9 Å². The maximum Gasteiger partial charge on any atom is 0.273 e. The Labute approximate surface area is 205 Å². The molecule has 1 unspecified atom stereocenters. The summed E-state index contributed by atoms with van der Waals surface area (Å²) in [5.74, 6) is 1.14. The lowest BCUT2D eigenvalue weighted by Crippen LogP contribution is -2.41. The molecule has 1 aliphatic heterocycles. The zero-order valence-electron chi connectivity index (χ0n) is 20.4. The number of hydrogen-bond donors (Lipinski definition) is 1. The van der Waals surface area contributed by atoms with Crippen LogP contribution in [0.3, 0.4) is 0 Å². The molecule has 0 bridgehead atoms. The Bertz CT molecular complexity index is 1230. The molecule has 0 spiro atoms. The molecule has 1 fully saturated rings. The predicted molar refractivity (Wildman–Crippen MR) is 131 cm³/mol. The summed E-state index contributed by atoms with van der Waals surface area (Å²) in [5, 5.41) is 2.80. The quantitative estimate of drug-likeness (QED) is 0.543. The lowest BCUT2D eigenvalue weighted by Gasteiger charge is -2.38. The first-order valence-corrected chi connectivity index (χ1v) is 12.3. The van der Waals surface area contributed by atoms with Crippen molar-refractivity contribution >= 4 is 11.8 Å². The molecule has 2 aliphatic rings. The highest BCUT2D eigenvalue weighted by atomic mass is 16.5. The van der Waals surface area contributed by atoms with Crippen LogP contribution in [0.4, 0.5) is 0 Å². The van der Waals surface area contributed by atoms with Crippen molar-refractivity contribution in [1.29, 1.82) is 0 Å². The Morgan fingerprint density at radius 2 is 1.94 bits per heavy atom. The summed E-state index contributed by atoms with van der Waals surface area (Å²) in [5.41, 5.74) is 4.85. The van der Waals surface area contributed by atoms with E-state index in [0.717, 1.165) is 36.9 Å². The number of ether oxygens (including phenoxy) is 1. The van der Waals surface area contributed by atoms with Crippen molar-refractivity contribution in [2.75, 3.05) is 6.54 Å². The van der Waals surface area contributed by atoms with E-state index in [-0.39, 0.29) is 42.1 Å². The molecule has 182 valence electrons. The summed E-state index contributed by atoms with van der Waals surface area (Å²) < 4.78 is 11.4. The highest BCUT2D eigenvalue weighted by Crippen LogP contribution is 2.41. The van der Waals surface area contributed by atoms with Gasteiger partial charge in [0.05, 0.1) is 6.04 Å². The van der Waals surface area contributed by atoms with Crippen molar-refractivity contribution in [2.24, 2.45) is 5.92 Å². The SMILES string of the molecule is Cc1ccc(C2c3cc(OCc4nc(C(=O)NC(C)C)co4)ccc3CCN2C(=O)C2CC2)cc1. The Morgan fingerprint density at radius 1 is 1.17 bits per heavy atom. The number of aromatic nitrogens is 1. The third-order valence-corrected chi connectivity index (χ3v) is 6.51. The third-order valence-electron chi connectivity index (χ3n) is 6.51. The van der Waals surface area contributed by atoms with Gasteiger partial charge in [0.2, 0.25) is 11.8 Å². The molecule has 3 aromatic rings. The molecule has 2 heterocycles. The minimum Gasteiger partial charge on any atom is -0.484 e. The zero-order valence-corrected chi connectivity index (χ0v) is 20.4. The molecule has 7 nitrogen and oxygen atoms in total. The number of amides is 2. The van der Waals surface area contributed by atoms with Crippen LogP contribution in [0.5, 0.6) is 5.75 Å². The Kier molecular flexibility index (Phi) is 6.32. The van der Waals surface area contributed by atoms with E-state index in [4.69, 9.17) is 9.15 Å². The fourth-order valence-corrected chi connectivity index (χ4v) is 4.56. The maximum atomic E-state index is 13.2. The van der Waals surface area contributed by atoms with E-state index in [2.05, 4.69) is 47.6 Å². The van der Waals surface area contributed by atoms with Gasteiger partial charge >= 0.3 is 0 Å². The molecular weight excluding hydrogens is 442 g/mol. The second-order valence-electron chi connectivity index (χ2n) is 9.77. The molecule has 35 heavy (non-hydrogen) atoms. The lowest BCUT2D eigenvalue weighted by atomic mass is 9.87. The number of nitrogens with one attached hydrogen (secondary N) is 1. The van der Waals surface area contributed by atoms with E-state index in [9.17, 15) is 9.59 Å². The maximum absolute atomic E-state index is 13.2. The van der Waals surface area contributed by atoms with Crippen LogP contribution in [0, 0.1) is 12.8 Å². The minimum atomic E-state index is -0.273. The van der Waals surface area contributed by atoms with Crippen LogP contribution in [-0.2, 0) is 17.8 Å². The standard InChI is InChI=1S/C28H31N3O4/c1-17(2)29-27(32)24-15-35-25(30-24)16-34-22-11-10-19-12-13-31(28(33)21-8-9-21)26(23(19)14-22)20-6-4-18(3)5-7-20/h4-7,10-11,14-15,17,21,26H,8-9,12-13,16H2,1-3H3,(H,29,32). The normalized spacial score (nSPS) is 17.3. The first-order valence-electron chi connectivity index (χ1n) is 12.3. The third kappa shape index (κ3) is 5.09. The number of hydrogen-bond acceptors (Lipinski definition) is 5. The van der Waals surface area contributed by atoms with Crippen LogP contribution in [0.2, 0.25) is 0 Å². The van der Waals surface area contributed by atoms with Crippen molar-refractivity contribution in [3.8, 4) is 5.75 Å². The van der Waals surface area contributed by atoms with Crippen molar-refractivity contribution < 1.29 is 18.7 Å². The van der Waals surface area contributed by atoms with Gasteiger partial charge in [0.1, 0.15) is 12.0 Å². The molecule has 1 atom stereocenters. The van der Waals surface area contributed by atoms with E-state index in [1.54, 1.807) is 0 Å². The van der Waals surface area contributed by atoms with Crippen LogP contribution in [-0.4, -0.2) is 34.3 Å². The number of nitrogens with zero attached hydrogens (tertiary/aromatic N) is 2. The zero-order chi connectivity index (χ0) is 24.5. The minimum absolute atomic E-state index is 0.0160. The fourth-order valence-electron chi connectivity index (χ4n) is 4.56. The summed E-state index contributed by atoms with van der Waals surface area (Å²) in [4.78, 5) is 31.6. The van der Waals surface area contributed by atoms with Gasteiger partial charge in [0.15, 0.2) is 12.3 Å². The Morgan fingerprint density at radius 3 is 2.66 bits per heavy atom. The molecule has 1 aromatic heterocycles. The summed E-state index contributed by atoms with van der Waals surface area (Å²) in [7, 11) is 0. The monoisotopic (exact) mass is 473 g/mol. The Hall–Kier alpha value is -3.61. The van der Waals surface area contributed by atoms with Gasteiger partial charge in [-0.2, -0.15) is 0 Å². The molecule has 0 saturated heterocycles. The smallest absolute Gasteiger partial charge is 0.273 e. The van der Waals surface area contributed by atoms with Gasteiger partial charge in [0, 0.05) is 18.5 Å². The van der Waals surface area contributed by atoms with Crippen molar-refractivity contribution in [3.05, 3.63) is 82.6 Å². The van der Waals surface area contributed by atoms with E-state index >= 15 is 0 Å². The number of carbonyl (C=O) groups is 2. The molecular formula is C28H31N3O4. The second kappa shape index (κ2) is 9.56. The molecule has 2 aromatic carbocycles. The Balaban J connectivity index is 1.38. The molecule has 1 N–H and O–H groups in total. The summed E-state index contributed by atoms with van der Waals surface area (Å²) in [6.07, 6.45) is 4.14. The largest absolute Gasteiger partial charge is 0.484 e. The summed E-state index contributed by atoms with van der Waals surface area (Å²) in [6.45, 7) is 6.67. The van der Waals surface area contributed by atoms with Gasteiger partial charge in [-0.15, -0.1) is 0 Å². The molecule has 7 heteroatoms. The van der Waals surface area contributed by atoms with Gasteiger partial charge in [0.25, 0.3) is 5.91 Å². The molecule has 0 radical (unpaired) electrons. The average molecular weight is 474 g/mol. The van der Waals surface area contributed by atoms with Gasteiger partial charge in [-0.3, -0.25) is 9.59 Å². The molecule has 2 amide bonds. The predicted octanol–water partition coefficient (Wildman–Crippen LogP) is 4.58. The molecule has 1 aliphatic carbocycles. The van der Waals surface area contributed by atoms with Crippen LogP contribution < -0.4 is 10.1 Å². The van der Waals surface area contributed by atoms with E-state index in [0.29, 0.717) is 11.6 Å². The molecule has 5 rings (SSSR count). The summed E-state index contributed by atoms with van der Waals surface area (Å²) in [6, 6.07) is 14.4. The first-order chi connectivity index (χ1) is 16.9. The van der Waals surface area contributed by atoms with Gasteiger partial charge in [-0.1, -0.05) is 35.9 Å². The van der Waals surface area contributed by atoms with Crippen molar-refractivity contribution in [1.82, 2.24) is 15.2 Å². The van der Waals surface area contributed by atoms with Crippen LogP contribution in [0.1, 0.15) is 71.4 Å². The lowest BCUT2D eigenvalue weighted by molar-refractivity contribution is -0.134. The molecule has 1 saturated carbocycles. The number of fused-ring (bicyclic) bond motifs is 1. The highest BCUT2D eigenvalue weighted by molar-refractivity contribution is 5.92. The van der Waals surface area contributed by atoms with Gasteiger partial charge in [-0.25, -0.2) is 4.98 Å². The number of benzene rings is 2. The average Bonchev–Trinajstić information content (AvgIpc) is 3.59. The van der Waals surface area contributed by atoms with Crippen LogP contribution in [0.15, 0.2) is 53.1 Å². The number of oxazole rings is 1. The number of carbonyl (C=O) groups excluding carboxylic acids is 2. The van der Waals surface area contributed by atoms with Gasteiger partial charge < -0.3 is 19.4 Å². The van der Waals surface area contributed by atoms with Crippen molar-refractivity contribution in [2.45, 2.75) is 58.7 Å².